The molecule has 1 saturated carbocycles. The maximum absolute atomic E-state index is 4.89. The van der Waals surface area contributed by atoms with Gasteiger partial charge in [0.1, 0.15) is 8.24 Å². The summed E-state index contributed by atoms with van der Waals surface area (Å²) in [6.07, 6.45) is 8.59. The van der Waals surface area contributed by atoms with Gasteiger partial charge in [-0.25, -0.2) is 0 Å². The quantitative estimate of drug-likeness (QED) is 0.333. The average Bonchev–Trinajstić information content (AvgIpc) is 3.06. The minimum absolute atomic E-state index is 0. The van der Waals surface area contributed by atoms with E-state index in [9.17, 15) is 0 Å². The predicted octanol–water partition coefficient (Wildman–Crippen LogP) is 7.00. The number of fused-ring (bicyclic) bond motifs is 1. The first-order valence-corrected chi connectivity index (χ1v) is 17.6. The van der Waals surface area contributed by atoms with Crippen molar-refractivity contribution in [3.63, 3.8) is 0 Å². The first-order valence-electron chi connectivity index (χ1n) is 10.3. The summed E-state index contributed by atoms with van der Waals surface area (Å²) in [5.74, 6) is 2.23. The Morgan fingerprint density at radius 3 is 2.34 bits per heavy atom. The van der Waals surface area contributed by atoms with Crippen LogP contribution in [0.5, 0.6) is 0 Å². The molecule has 2 aliphatic carbocycles. The molecule has 0 radical (unpaired) electrons. The molecule has 4 rings (SSSR count). The van der Waals surface area contributed by atoms with Crippen molar-refractivity contribution in [3.05, 3.63) is 66.9 Å². The SMILES string of the molecule is CC1CC2C(c3ccccc3)=CC=CC2C1[Si](C)(C)N1CC[N-]CC1.[CH3-].[Cl][Ti][Cl]. The summed E-state index contributed by atoms with van der Waals surface area (Å²) in [6, 6.07) is 11.0. The van der Waals surface area contributed by atoms with E-state index in [1.54, 1.807) is 5.57 Å². The van der Waals surface area contributed by atoms with Crippen LogP contribution >= 0.6 is 18.6 Å². The average molecular weight is 485 g/mol. The predicted molar refractivity (Wildman–Crippen MR) is 128 cm³/mol. The molecule has 160 valence electrons. The van der Waals surface area contributed by atoms with Gasteiger partial charge in [-0.15, -0.1) is 13.1 Å². The Labute approximate surface area is 195 Å². The number of piperazine rings is 1. The van der Waals surface area contributed by atoms with Crippen molar-refractivity contribution in [1.29, 1.82) is 0 Å². The standard InChI is InChI=1S/C22H31N2Si.CH3.2ClH.Ti/c1-17-16-21-19(18-8-5-4-6-9-18)10-7-11-20(21)22(17)25(2,3)24-14-12-23-13-15-24;;;;/h4-11,17,20-22H,12-16H2,1-3H3;1H3;2*1H;/q2*-1;;;+2/p-2. The van der Waals surface area contributed by atoms with Gasteiger partial charge in [-0.1, -0.05) is 68.6 Å². The molecule has 0 aromatic heterocycles. The fraction of sp³-hybridized carbons (Fsp3) is 0.522. The van der Waals surface area contributed by atoms with Crippen LogP contribution in [0.1, 0.15) is 18.9 Å². The number of nitrogens with zero attached hydrogens (tertiary/aromatic N) is 2. The van der Waals surface area contributed by atoms with Crippen LogP contribution in [0.2, 0.25) is 18.6 Å². The maximum atomic E-state index is 4.89. The molecule has 1 aliphatic heterocycles. The molecular formula is C23H34Cl2N2SiTi-2. The van der Waals surface area contributed by atoms with Gasteiger partial charge in [0.2, 0.25) is 0 Å². The van der Waals surface area contributed by atoms with Crippen LogP contribution in [-0.2, 0) is 17.0 Å². The summed E-state index contributed by atoms with van der Waals surface area (Å²) in [4.78, 5) is 0. The Morgan fingerprint density at radius 1 is 1.10 bits per heavy atom. The molecular weight excluding hydrogens is 451 g/mol. The third kappa shape index (κ3) is 5.68. The van der Waals surface area contributed by atoms with Gasteiger partial charge in [-0.3, -0.25) is 0 Å². The first kappa shape index (κ1) is 25.4. The molecule has 0 bridgehead atoms. The molecule has 3 aliphatic rings. The van der Waals surface area contributed by atoms with E-state index in [1.165, 1.54) is 25.1 Å². The van der Waals surface area contributed by atoms with E-state index >= 15 is 0 Å². The molecule has 6 heteroatoms. The number of rotatable bonds is 3. The molecule has 29 heavy (non-hydrogen) atoms. The zero-order chi connectivity index (χ0) is 20.1. The zero-order valence-corrected chi connectivity index (χ0v) is 22.2. The van der Waals surface area contributed by atoms with E-state index in [0.29, 0.717) is 5.92 Å². The van der Waals surface area contributed by atoms with E-state index in [0.717, 1.165) is 30.5 Å². The Hall–Kier alpha value is 0.131. The van der Waals surface area contributed by atoms with Crippen LogP contribution in [0.15, 0.2) is 48.6 Å². The Balaban J connectivity index is 0.000000708. The molecule has 0 N–H and O–H groups in total. The number of halogens is 2. The van der Waals surface area contributed by atoms with E-state index in [-0.39, 0.29) is 7.43 Å². The normalized spacial score (nSPS) is 29.1. The molecule has 2 nitrogen and oxygen atoms in total. The van der Waals surface area contributed by atoms with Gasteiger partial charge in [0.05, 0.1) is 0 Å². The van der Waals surface area contributed by atoms with Gasteiger partial charge < -0.3 is 17.3 Å². The van der Waals surface area contributed by atoms with Crippen molar-refractivity contribution in [2.45, 2.75) is 32.0 Å². The fourth-order valence-corrected chi connectivity index (χ4v) is 10.4. The second-order valence-corrected chi connectivity index (χ2v) is 15.9. The summed E-state index contributed by atoms with van der Waals surface area (Å²) >= 11 is -0.556. The number of allylic oxidation sites excluding steroid dienone is 4. The Kier molecular flexibility index (Phi) is 10.2. The fourth-order valence-electron chi connectivity index (χ4n) is 5.83. The molecule has 1 heterocycles. The molecule has 1 aromatic rings. The van der Waals surface area contributed by atoms with Crippen LogP contribution in [0.3, 0.4) is 0 Å². The molecule has 0 spiro atoms. The van der Waals surface area contributed by atoms with Crippen molar-refractivity contribution in [2.24, 2.45) is 17.8 Å². The third-order valence-electron chi connectivity index (χ3n) is 6.92. The van der Waals surface area contributed by atoms with Gasteiger partial charge in [0.15, 0.2) is 0 Å². The zero-order valence-electron chi connectivity index (χ0n) is 18.1. The number of benzene rings is 1. The Bertz CT molecular complexity index is 689. The van der Waals surface area contributed by atoms with Crippen molar-refractivity contribution < 1.29 is 17.0 Å². The molecule has 0 amide bonds. The van der Waals surface area contributed by atoms with Crippen molar-refractivity contribution >= 4 is 32.4 Å². The van der Waals surface area contributed by atoms with E-state index in [2.05, 4.69) is 78.5 Å². The van der Waals surface area contributed by atoms with Gasteiger partial charge in [0.25, 0.3) is 0 Å². The van der Waals surface area contributed by atoms with Crippen LogP contribution in [-0.4, -0.2) is 39.0 Å². The second kappa shape index (κ2) is 11.7. The van der Waals surface area contributed by atoms with Gasteiger partial charge >= 0.3 is 35.6 Å². The molecule has 1 aromatic carbocycles. The van der Waals surface area contributed by atoms with Crippen molar-refractivity contribution in [1.82, 2.24) is 4.57 Å². The Morgan fingerprint density at radius 2 is 1.72 bits per heavy atom. The third-order valence-corrected chi connectivity index (χ3v) is 11.6. The van der Waals surface area contributed by atoms with Gasteiger partial charge in [-0.05, 0) is 53.9 Å². The number of hydrogen-bond acceptors (Lipinski definition) is 1. The van der Waals surface area contributed by atoms with Crippen molar-refractivity contribution in [2.75, 3.05) is 26.2 Å². The summed E-state index contributed by atoms with van der Waals surface area (Å²) in [6.45, 7) is 12.2. The minimum atomic E-state index is -1.48. The monoisotopic (exact) mass is 484 g/mol. The number of hydrogen-bond donors (Lipinski definition) is 0. The molecule has 2 fully saturated rings. The van der Waals surface area contributed by atoms with Gasteiger partial charge in [-0.2, -0.15) is 0 Å². The second-order valence-electron chi connectivity index (χ2n) is 8.68. The summed E-state index contributed by atoms with van der Waals surface area (Å²) in [5.41, 5.74) is 3.84. The van der Waals surface area contributed by atoms with Crippen molar-refractivity contribution in [3.8, 4) is 0 Å². The molecule has 4 atom stereocenters. The van der Waals surface area contributed by atoms with Crippen LogP contribution < -0.4 is 0 Å². The summed E-state index contributed by atoms with van der Waals surface area (Å²) in [7, 11) is 8.30. The molecule has 1 saturated heterocycles. The van der Waals surface area contributed by atoms with Crippen LogP contribution in [0.4, 0.5) is 0 Å². The van der Waals surface area contributed by atoms with E-state index in [1.807, 2.05) is 0 Å². The topological polar surface area (TPSA) is 17.3 Å². The first-order chi connectivity index (χ1) is 13.5. The van der Waals surface area contributed by atoms with Crippen LogP contribution in [0, 0.1) is 25.2 Å². The summed E-state index contributed by atoms with van der Waals surface area (Å²) < 4.78 is 2.85. The molecule has 4 unspecified atom stereocenters. The van der Waals surface area contributed by atoms with E-state index in [4.69, 9.17) is 18.6 Å². The summed E-state index contributed by atoms with van der Waals surface area (Å²) in [5, 5.41) is 4.58. The van der Waals surface area contributed by atoms with E-state index < -0.39 is 25.3 Å². The van der Waals surface area contributed by atoms with Crippen LogP contribution in [0.25, 0.3) is 10.9 Å². The van der Waals surface area contributed by atoms with Gasteiger partial charge in [0, 0.05) is 0 Å².